The van der Waals surface area contributed by atoms with Crippen molar-refractivity contribution in [3.63, 3.8) is 0 Å². The fourth-order valence-corrected chi connectivity index (χ4v) is 5.14. The number of methoxy groups -OCH3 is 1. The van der Waals surface area contributed by atoms with Crippen LogP contribution in [0.2, 0.25) is 5.02 Å². The smallest absolute Gasteiger partial charge is 0.264 e. The van der Waals surface area contributed by atoms with Crippen LogP contribution in [0, 0.1) is 0 Å². The number of benzene rings is 3. The van der Waals surface area contributed by atoms with E-state index in [9.17, 15) is 13.2 Å². The minimum absolute atomic E-state index is 0.0990. The Morgan fingerprint density at radius 1 is 1.09 bits per heavy atom. The Kier molecular flexibility index (Phi) is 6.76. The zero-order chi connectivity index (χ0) is 23.4. The minimum Gasteiger partial charge on any atom is -0.497 e. The topological polar surface area (TPSA) is 84.9 Å². The first-order chi connectivity index (χ1) is 15.9. The lowest BCUT2D eigenvalue weighted by atomic mass is 10.1. The van der Waals surface area contributed by atoms with Gasteiger partial charge in [-0.3, -0.25) is 9.10 Å². The fourth-order valence-electron chi connectivity index (χ4n) is 3.54. The normalized spacial score (nSPS) is 15.3. The maximum atomic E-state index is 13.4. The summed E-state index contributed by atoms with van der Waals surface area (Å²) < 4.78 is 39.1. The van der Waals surface area contributed by atoms with Gasteiger partial charge in [-0.25, -0.2) is 8.42 Å². The molecule has 7 nitrogen and oxygen atoms in total. The van der Waals surface area contributed by atoms with Crippen molar-refractivity contribution in [3.8, 4) is 11.5 Å². The van der Waals surface area contributed by atoms with Gasteiger partial charge in [-0.15, -0.1) is 0 Å². The Morgan fingerprint density at radius 2 is 1.79 bits per heavy atom. The third kappa shape index (κ3) is 5.07. The van der Waals surface area contributed by atoms with Crippen LogP contribution in [0.25, 0.3) is 0 Å². The van der Waals surface area contributed by atoms with E-state index >= 15 is 0 Å². The fraction of sp³-hybridized carbons (Fsp3) is 0.208. The predicted molar refractivity (Wildman–Crippen MR) is 127 cm³/mol. The second-order valence-corrected chi connectivity index (χ2v) is 9.75. The number of halogens is 1. The molecule has 1 aliphatic rings. The van der Waals surface area contributed by atoms with E-state index in [0.29, 0.717) is 35.2 Å². The van der Waals surface area contributed by atoms with E-state index in [2.05, 4.69) is 5.32 Å². The van der Waals surface area contributed by atoms with Crippen LogP contribution in [-0.2, 0) is 21.2 Å². The third-order valence-corrected chi connectivity index (χ3v) is 7.35. The molecule has 9 heteroatoms. The number of ether oxygens (including phenoxy) is 2. The first-order valence-corrected chi connectivity index (χ1v) is 12.1. The van der Waals surface area contributed by atoms with Crippen molar-refractivity contribution in [1.29, 1.82) is 0 Å². The number of nitrogens with zero attached hydrogens (tertiary/aromatic N) is 1. The number of amides is 1. The Bertz CT molecular complexity index is 1230. The van der Waals surface area contributed by atoms with Crippen molar-refractivity contribution in [2.45, 2.75) is 17.4 Å². The van der Waals surface area contributed by atoms with E-state index in [1.54, 1.807) is 48.5 Å². The standard InChI is InChI=1S/C24H23ClN2O5S/c1-31-19-10-12-20(13-11-19)33(29,30)27-16-23(32-22-5-3-2-4-21(22)27)24(28)26-15-14-17-6-8-18(25)9-7-17/h2-13,23H,14-16H2,1H3,(H,26,28). The van der Waals surface area contributed by atoms with E-state index in [1.165, 1.54) is 23.5 Å². The van der Waals surface area contributed by atoms with Crippen LogP contribution < -0.4 is 19.1 Å². The summed E-state index contributed by atoms with van der Waals surface area (Å²) in [4.78, 5) is 12.9. The number of hydrogen-bond acceptors (Lipinski definition) is 5. The highest BCUT2D eigenvalue weighted by Crippen LogP contribution is 2.37. The molecule has 4 rings (SSSR count). The highest BCUT2D eigenvalue weighted by molar-refractivity contribution is 7.92. The summed E-state index contributed by atoms with van der Waals surface area (Å²) in [5.41, 5.74) is 1.41. The van der Waals surface area contributed by atoms with Crippen molar-refractivity contribution in [3.05, 3.63) is 83.4 Å². The number of para-hydroxylation sites is 2. The van der Waals surface area contributed by atoms with E-state index in [-0.39, 0.29) is 17.3 Å². The van der Waals surface area contributed by atoms with Gasteiger partial charge in [-0.1, -0.05) is 35.9 Å². The summed E-state index contributed by atoms with van der Waals surface area (Å²) >= 11 is 5.90. The van der Waals surface area contributed by atoms with E-state index < -0.39 is 16.1 Å². The van der Waals surface area contributed by atoms with Gasteiger partial charge in [-0.05, 0) is 60.5 Å². The number of hydrogen-bond donors (Lipinski definition) is 1. The van der Waals surface area contributed by atoms with Crippen LogP contribution in [0.3, 0.4) is 0 Å². The number of carbonyl (C=O) groups is 1. The van der Waals surface area contributed by atoms with Crippen LogP contribution >= 0.6 is 11.6 Å². The Morgan fingerprint density at radius 3 is 2.48 bits per heavy atom. The number of nitrogens with one attached hydrogen (secondary N) is 1. The summed E-state index contributed by atoms with van der Waals surface area (Å²) in [7, 11) is -2.42. The molecule has 0 saturated carbocycles. The summed E-state index contributed by atoms with van der Waals surface area (Å²) in [6.07, 6.45) is -0.377. The van der Waals surface area contributed by atoms with Crippen LogP contribution in [0.4, 0.5) is 5.69 Å². The molecule has 1 atom stereocenters. The second kappa shape index (κ2) is 9.72. The molecule has 1 heterocycles. The summed E-state index contributed by atoms with van der Waals surface area (Å²) in [5, 5.41) is 3.49. The number of sulfonamides is 1. The quantitative estimate of drug-likeness (QED) is 0.551. The van der Waals surface area contributed by atoms with Crippen LogP contribution in [-0.4, -0.2) is 40.6 Å². The van der Waals surface area contributed by atoms with Gasteiger partial charge in [0.05, 0.1) is 24.2 Å². The Labute approximate surface area is 197 Å². The number of fused-ring (bicyclic) bond motifs is 1. The lowest BCUT2D eigenvalue weighted by Crippen LogP contribution is -2.51. The minimum atomic E-state index is -3.93. The molecule has 1 N–H and O–H groups in total. The Balaban J connectivity index is 1.52. The van der Waals surface area contributed by atoms with E-state index in [1.807, 2.05) is 12.1 Å². The zero-order valence-corrected chi connectivity index (χ0v) is 19.5. The molecule has 0 radical (unpaired) electrons. The van der Waals surface area contributed by atoms with Crippen molar-refractivity contribution < 1.29 is 22.7 Å². The molecule has 0 spiro atoms. The lowest BCUT2D eigenvalue weighted by Gasteiger charge is -2.34. The van der Waals surface area contributed by atoms with Crippen LogP contribution in [0.5, 0.6) is 11.5 Å². The van der Waals surface area contributed by atoms with Gasteiger partial charge < -0.3 is 14.8 Å². The number of carbonyl (C=O) groups excluding carboxylic acids is 1. The maximum Gasteiger partial charge on any atom is 0.264 e. The number of anilines is 1. The molecule has 0 aromatic heterocycles. The monoisotopic (exact) mass is 486 g/mol. The first-order valence-electron chi connectivity index (χ1n) is 10.3. The lowest BCUT2D eigenvalue weighted by molar-refractivity contribution is -0.127. The highest BCUT2D eigenvalue weighted by atomic mass is 35.5. The van der Waals surface area contributed by atoms with Gasteiger partial charge in [0.25, 0.3) is 15.9 Å². The molecule has 3 aromatic rings. The molecule has 1 unspecified atom stereocenters. The molecule has 3 aromatic carbocycles. The van der Waals surface area contributed by atoms with E-state index in [0.717, 1.165) is 5.56 Å². The van der Waals surface area contributed by atoms with Crippen LogP contribution in [0.1, 0.15) is 5.56 Å². The third-order valence-electron chi connectivity index (χ3n) is 5.30. The van der Waals surface area contributed by atoms with Gasteiger partial charge in [0.2, 0.25) is 0 Å². The largest absolute Gasteiger partial charge is 0.497 e. The van der Waals surface area contributed by atoms with Crippen molar-refractivity contribution >= 4 is 33.2 Å². The number of rotatable bonds is 7. The molecule has 0 fully saturated rings. The maximum absolute atomic E-state index is 13.4. The molecule has 1 aliphatic heterocycles. The van der Waals surface area contributed by atoms with Crippen molar-refractivity contribution in [2.24, 2.45) is 0 Å². The molecule has 33 heavy (non-hydrogen) atoms. The molecule has 0 saturated heterocycles. The molecule has 0 bridgehead atoms. The average Bonchev–Trinajstić information content (AvgIpc) is 2.84. The molecule has 1 amide bonds. The molecular formula is C24H23ClN2O5S. The predicted octanol–water partition coefficient (Wildman–Crippen LogP) is 3.66. The summed E-state index contributed by atoms with van der Waals surface area (Å²) in [5.74, 6) is 0.501. The van der Waals surface area contributed by atoms with E-state index in [4.69, 9.17) is 21.1 Å². The van der Waals surface area contributed by atoms with Crippen LogP contribution in [0.15, 0.2) is 77.7 Å². The van der Waals surface area contributed by atoms with Gasteiger partial charge in [0, 0.05) is 11.6 Å². The average molecular weight is 487 g/mol. The second-order valence-electron chi connectivity index (χ2n) is 7.45. The Hall–Kier alpha value is -3.23. The van der Waals surface area contributed by atoms with Crippen molar-refractivity contribution in [1.82, 2.24) is 5.32 Å². The summed E-state index contributed by atoms with van der Waals surface area (Å²) in [6.45, 7) is 0.241. The molecular weight excluding hydrogens is 464 g/mol. The van der Waals surface area contributed by atoms with Gasteiger partial charge in [0.15, 0.2) is 6.10 Å². The van der Waals surface area contributed by atoms with Gasteiger partial charge in [0.1, 0.15) is 11.5 Å². The van der Waals surface area contributed by atoms with Gasteiger partial charge >= 0.3 is 0 Å². The SMILES string of the molecule is COc1ccc(S(=O)(=O)N2CC(C(=O)NCCc3ccc(Cl)cc3)Oc3ccccc32)cc1. The highest BCUT2D eigenvalue weighted by Gasteiger charge is 2.37. The first kappa shape index (κ1) is 22.9. The zero-order valence-electron chi connectivity index (χ0n) is 17.9. The molecule has 172 valence electrons. The molecule has 0 aliphatic carbocycles. The van der Waals surface area contributed by atoms with Gasteiger partial charge in [-0.2, -0.15) is 0 Å². The summed E-state index contributed by atoms with van der Waals surface area (Å²) in [6, 6.07) is 20.3. The van der Waals surface area contributed by atoms with Crippen molar-refractivity contribution in [2.75, 3.05) is 24.5 Å².